The second-order valence-corrected chi connectivity index (χ2v) is 7.73. The van der Waals surface area contributed by atoms with Gasteiger partial charge in [-0.2, -0.15) is 0 Å². The van der Waals surface area contributed by atoms with Crippen molar-refractivity contribution in [2.75, 3.05) is 53.2 Å². The fourth-order valence-electron chi connectivity index (χ4n) is 3.20. The second-order valence-electron chi connectivity index (χ2n) is 7.73. The highest BCUT2D eigenvalue weighted by atomic mass is 19.1. The molecular weight excluding hydrogens is 473 g/mol. The standard InChI is InChI=1S/C26H34FNO8/c1-3-33-24(25(29)30)19-20-5-9-22(10-6-20)35-16-14-28(26(31)36-18-17-32-2)13-4-15-34-23-11-7-21(27)8-12-23/h5-12,24H,3-4,13-19H2,1-2H3,(H,29,30). The first-order valence-electron chi connectivity index (χ1n) is 11.8. The average molecular weight is 508 g/mol. The maximum absolute atomic E-state index is 13.0. The van der Waals surface area contributed by atoms with Crippen LogP contribution in [-0.4, -0.2) is 81.4 Å². The second kappa shape index (κ2) is 16.3. The Bertz CT molecular complexity index is 907. The third-order valence-corrected chi connectivity index (χ3v) is 5.04. The number of nitrogens with zero attached hydrogens (tertiary/aromatic N) is 1. The number of rotatable bonds is 17. The molecule has 2 rings (SSSR count). The van der Waals surface area contributed by atoms with Gasteiger partial charge in [-0.25, -0.2) is 14.0 Å². The first kappa shape index (κ1) is 28.9. The van der Waals surface area contributed by atoms with Crippen LogP contribution in [0.1, 0.15) is 18.9 Å². The minimum Gasteiger partial charge on any atom is -0.494 e. The maximum Gasteiger partial charge on any atom is 0.409 e. The van der Waals surface area contributed by atoms with Crippen molar-refractivity contribution in [3.8, 4) is 11.5 Å². The largest absolute Gasteiger partial charge is 0.494 e. The summed E-state index contributed by atoms with van der Waals surface area (Å²) in [5.74, 6) is -0.197. The van der Waals surface area contributed by atoms with Crippen molar-refractivity contribution in [2.24, 2.45) is 0 Å². The normalized spacial score (nSPS) is 11.5. The van der Waals surface area contributed by atoms with E-state index in [4.69, 9.17) is 23.7 Å². The van der Waals surface area contributed by atoms with Gasteiger partial charge in [0.25, 0.3) is 0 Å². The predicted octanol–water partition coefficient (Wildman–Crippen LogP) is 3.79. The number of carbonyl (C=O) groups is 2. The minimum atomic E-state index is -1.00. The molecule has 1 unspecified atom stereocenters. The Morgan fingerprint density at radius 1 is 0.917 bits per heavy atom. The molecule has 0 radical (unpaired) electrons. The molecule has 2 aromatic carbocycles. The van der Waals surface area contributed by atoms with Crippen LogP contribution in [0.3, 0.4) is 0 Å². The smallest absolute Gasteiger partial charge is 0.409 e. The average Bonchev–Trinajstić information content (AvgIpc) is 2.87. The lowest BCUT2D eigenvalue weighted by Gasteiger charge is -2.22. The van der Waals surface area contributed by atoms with E-state index in [0.717, 1.165) is 5.56 Å². The van der Waals surface area contributed by atoms with E-state index in [1.807, 2.05) is 0 Å². The van der Waals surface area contributed by atoms with Gasteiger partial charge in [0.05, 0.1) is 19.8 Å². The van der Waals surface area contributed by atoms with Crippen LogP contribution >= 0.6 is 0 Å². The van der Waals surface area contributed by atoms with E-state index >= 15 is 0 Å². The van der Waals surface area contributed by atoms with Crippen LogP contribution in [0, 0.1) is 5.82 Å². The fraction of sp³-hybridized carbons (Fsp3) is 0.462. The van der Waals surface area contributed by atoms with Crippen LogP contribution in [-0.2, 0) is 25.4 Å². The Morgan fingerprint density at radius 3 is 2.17 bits per heavy atom. The molecule has 198 valence electrons. The molecule has 1 N–H and O–H groups in total. The number of halogens is 1. The Balaban J connectivity index is 1.83. The number of carbonyl (C=O) groups excluding carboxylic acids is 1. The molecule has 0 fully saturated rings. The number of ether oxygens (including phenoxy) is 5. The number of amides is 1. The molecule has 9 nitrogen and oxygen atoms in total. The first-order valence-corrected chi connectivity index (χ1v) is 11.8. The summed E-state index contributed by atoms with van der Waals surface area (Å²) in [6.45, 7) is 3.74. The third-order valence-electron chi connectivity index (χ3n) is 5.04. The SMILES string of the molecule is CCOC(Cc1ccc(OCCN(CCCOc2ccc(F)cc2)C(=O)OCCOC)cc1)C(=O)O. The molecule has 1 atom stereocenters. The molecule has 0 saturated carbocycles. The van der Waals surface area contributed by atoms with E-state index in [1.165, 1.54) is 24.1 Å². The van der Waals surface area contributed by atoms with Crippen molar-refractivity contribution in [1.82, 2.24) is 4.90 Å². The van der Waals surface area contributed by atoms with Crippen LogP contribution in [0.2, 0.25) is 0 Å². The van der Waals surface area contributed by atoms with Gasteiger partial charge in [0.1, 0.15) is 30.5 Å². The molecule has 0 aromatic heterocycles. The number of carboxylic acids is 1. The Labute approximate surface area is 210 Å². The number of hydrogen-bond acceptors (Lipinski definition) is 7. The topological polar surface area (TPSA) is 104 Å². The van der Waals surface area contributed by atoms with Gasteiger partial charge < -0.3 is 33.7 Å². The van der Waals surface area contributed by atoms with Crippen molar-refractivity contribution >= 4 is 12.1 Å². The predicted molar refractivity (Wildman–Crippen MR) is 130 cm³/mol. The molecule has 0 aliphatic rings. The molecule has 36 heavy (non-hydrogen) atoms. The van der Waals surface area contributed by atoms with Gasteiger partial charge in [-0.15, -0.1) is 0 Å². The lowest BCUT2D eigenvalue weighted by atomic mass is 10.1. The van der Waals surface area contributed by atoms with Crippen molar-refractivity contribution in [3.63, 3.8) is 0 Å². The zero-order valence-electron chi connectivity index (χ0n) is 20.7. The van der Waals surface area contributed by atoms with E-state index in [2.05, 4.69) is 0 Å². The molecule has 1 amide bonds. The summed E-state index contributed by atoms with van der Waals surface area (Å²) in [5.41, 5.74) is 0.813. The summed E-state index contributed by atoms with van der Waals surface area (Å²) in [5, 5.41) is 9.23. The summed E-state index contributed by atoms with van der Waals surface area (Å²) < 4.78 is 39.8. The molecule has 0 saturated heterocycles. The highest BCUT2D eigenvalue weighted by Crippen LogP contribution is 2.15. The summed E-state index contributed by atoms with van der Waals surface area (Å²) >= 11 is 0. The molecule has 0 aliphatic carbocycles. The zero-order chi connectivity index (χ0) is 26.2. The van der Waals surface area contributed by atoms with Gasteiger partial charge in [0, 0.05) is 26.7 Å². The molecule has 0 spiro atoms. The maximum atomic E-state index is 13.0. The number of aliphatic carboxylic acids is 1. The van der Waals surface area contributed by atoms with Crippen LogP contribution < -0.4 is 9.47 Å². The van der Waals surface area contributed by atoms with Crippen molar-refractivity contribution in [2.45, 2.75) is 25.9 Å². The molecule has 0 heterocycles. The van der Waals surface area contributed by atoms with Crippen LogP contribution in [0.5, 0.6) is 11.5 Å². The molecular formula is C26H34FNO8. The van der Waals surface area contributed by atoms with Gasteiger partial charge in [-0.05, 0) is 55.3 Å². The van der Waals surface area contributed by atoms with Crippen LogP contribution in [0.15, 0.2) is 48.5 Å². The highest BCUT2D eigenvalue weighted by Gasteiger charge is 2.18. The fourth-order valence-corrected chi connectivity index (χ4v) is 3.20. The zero-order valence-corrected chi connectivity index (χ0v) is 20.7. The molecule has 0 bridgehead atoms. The summed E-state index contributed by atoms with van der Waals surface area (Å²) in [6, 6.07) is 12.8. The lowest BCUT2D eigenvalue weighted by Crippen LogP contribution is -2.37. The Morgan fingerprint density at radius 2 is 1.56 bits per heavy atom. The molecule has 10 heteroatoms. The number of carboxylic acid groups (broad SMARTS) is 1. The third kappa shape index (κ3) is 10.9. The number of benzene rings is 2. The van der Waals surface area contributed by atoms with E-state index < -0.39 is 18.2 Å². The van der Waals surface area contributed by atoms with Gasteiger partial charge in [-0.1, -0.05) is 12.1 Å². The molecule has 2 aromatic rings. The van der Waals surface area contributed by atoms with Crippen molar-refractivity contribution in [3.05, 3.63) is 59.9 Å². The van der Waals surface area contributed by atoms with Gasteiger partial charge in [0.2, 0.25) is 0 Å². The molecule has 0 aliphatic heterocycles. The minimum absolute atomic E-state index is 0.138. The first-order chi connectivity index (χ1) is 17.4. The van der Waals surface area contributed by atoms with E-state index in [-0.39, 0.29) is 32.0 Å². The van der Waals surface area contributed by atoms with Crippen LogP contribution in [0.25, 0.3) is 0 Å². The quantitative estimate of drug-likeness (QED) is 0.323. The summed E-state index contributed by atoms with van der Waals surface area (Å²) in [7, 11) is 1.52. The monoisotopic (exact) mass is 507 g/mol. The number of methoxy groups -OCH3 is 1. The van der Waals surface area contributed by atoms with Crippen molar-refractivity contribution < 1.29 is 42.8 Å². The summed E-state index contributed by atoms with van der Waals surface area (Å²) in [6.07, 6.45) is -0.587. The number of hydrogen-bond donors (Lipinski definition) is 1. The van der Waals surface area contributed by atoms with Gasteiger partial charge >= 0.3 is 12.1 Å². The van der Waals surface area contributed by atoms with Gasteiger partial charge in [-0.3, -0.25) is 0 Å². The Hall–Kier alpha value is -3.37. The summed E-state index contributed by atoms with van der Waals surface area (Å²) in [4.78, 5) is 25.3. The lowest BCUT2D eigenvalue weighted by molar-refractivity contribution is -0.149. The highest BCUT2D eigenvalue weighted by molar-refractivity contribution is 5.72. The van der Waals surface area contributed by atoms with Crippen molar-refractivity contribution in [1.29, 1.82) is 0 Å². The van der Waals surface area contributed by atoms with E-state index in [1.54, 1.807) is 43.3 Å². The van der Waals surface area contributed by atoms with E-state index in [0.29, 0.717) is 44.3 Å². The van der Waals surface area contributed by atoms with E-state index in [9.17, 15) is 19.1 Å². The Kier molecular flexibility index (Phi) is 13.1. The van der Waals surface area contributed by atoms with Gasteiger partial charge in [0.15, 0.2) is 6.10 Å². The van der Waals surface area contributed by atoms with Crippen LogP contribution in [0.4, 0.5) is 9.18 Å².